The van der Waals surface area contributed by atoms with Gasteiger partial charge in [-0.2, -0.15) is 4.99 Å². The Morgan fingerprint density at radius 1 is 1.06 bits per heavy atom. The fraction of sp³-hybridized carbons (Fsp3) is 0.240. The van der Waals surface area contributed by atoms with Crippen molar-refractivity contribution in [1.29, 1.82) is 0 Å². The predicted octanol–water partition coefficient (Wildman–Crippen LogP) is 8.05. The van der Waals surface area contributed by atoms with Gasteiger partial charge in [-0.1, -0.05) is 78.9 Å². The minimum Gasteiger partial charge on any atom is -0.283 e. The van der Waals surface area contributed by atoms with Crippen LogP contribution in [0.25, 0.3) is 17.3 Å². The van der Waals surface area contributed by atoms with Gasteiger partial charge in [-0.25, -0.2) is 4.98 Å². The topological polar surface area (TPSA) is 45.6 Å². The number of benzene rings is 2. The Kier molecular flexibility index (Phi) is 6.88. The zero-order chi connectivity index (χ0) is 22.8. The molecule has 1 saturated heterocycles. The summed E-state index contributed by atoms with van der Waals surface area (Å²) in [6.07, 6.45) is 7.30. The average Bonchev–Trinajstić information content (AvgIpc) is 3.41. The largest absolute Gasteiger partial charge is 0.283 e. The molecule has 2 heterocycles. The van der Waals surface area contributed by atoms with Crippen molar-refractivity contribution in [2.24, 2.45) is 4.99 Å². The molecule has 33 heavy (non-hydrogen) atoms. The van der Waals surface area contributed by atoms with Crippen molar-refractivity contribution in [2.75, 3.05) is 0 Å². The van der Waals surface area contributed by atoms with Crippen LogP contribution in [0, 0.1) is 0 Å². The molecule has 0 unspecified atom stereocenters. The van der Waals surface area contributed by atoms with E-state index in [4.69, 9.17) is 33.2 Å². The van der Waals surface area contributed by atoms with E-state index in [1.807, 2.05) is 52.8 Å². The van der Waals surface area contributed by atoms with Gasteiger partial charge in [0.15, 0.2) is 5.17 Å². The van der Waals surface area contributed by atoms with Gasteiger partial charge in [0.1, 0.15) is 0 Å². The van der Waals surface area contributed by atoms with Crippen LogP contribution in [0.2, 0.25) is 10.0 Å². The molecule has 0 bridgehead atoms. The molecule has 2 fully saturated rings. The third-order valence-electron chi connectivity index (χ3n) is 5.78. The van der Waals surface area contributed by atoms with Gasteiger partial charge in [-0.15, -0.1) is 11.3 Å². The Hall–Kier alpha value is -2.12. The highest BCUT2D eigenvalue weighted by Crippen LogP contribution is 2.40. The SMILES string of the molecule is O=C1/C(=C/c2ccc(Cl)cc2Cl)S/C(=N/c2nc(-c3ccccc3)cs2)N1C1CCCCC1. The van der Waals surface area contributed by atoms with Crippen LogP contribution in [-0.4, -0.2) is 27.0 Å². The number of nitrogens with zero attached hydrogens (tertiary/aromatic N) is 3. The van der Waals surface area contributed by atoms with Crippen LogP contribution in [0.5, 0.6) is 0 Å². The summed E-state index contributed by atoms with van der Waals surface area (Å²) in [7, 11) is 0. The molecule has 0 spiro atoms. The number of thiazole rings is 1. The molecule has 168 valence electrons. The number of amidine groups is 1. The molecule has 3 aromatic rings. The normalized spacial score (nSPS) is 19.7. The molecule has 2 aromatic carbocycles. The third kappa shape index (κ3) is 5.04. The molecule has 1 saturated carbocycles. The minimum absolute atomic E-state index is 0.0171. The lowest BCUT2D eigenvalue weighted by atomic mass is 9.94. The van der Waals surface area contributed by atoms with Crippen LogP contribution < -0.4 is 0 Å². The number of rotatable bonds is 4. The molecule has 5 rings (SSSR count). The van der Waals surface area contributed by atoms with Gasteiger partial charge in [0.2, 0.25) is 5.13 Å². The molecule has 0 atom stereocenters. The summed E-state index contributed by atoms with van der Waals surface area (Å²) < 4.78 is 0. The van der Waals surface area contributed by atoms with Crippen molar-refractivity contribution in [3.05, 3.63) is 74.4 Å². The number of carbonyl (C=O) groups excluding carboxylic acids is 1. The van der Waals surface area contributed by atoms with Crippen molar-refractivity contribution in [1.82, 2.24) is 9.88 Å². The minimum atomic E-state index is -0.0171. The van der Waals surface area contributed by atoms with Crippen molar-refractivity contribution >= 4 is 68.6 Å². The summed E-state index contributed by atoms with van der Waals surface area (Å²) in [5.41, 5.74) is 2.71. The first-order chi connectivity index (χ1) is 16.1. The number of thioether (sulfide) groups is 1. The summed E-state index contributed by atoms with van der Waals surface area (Å²) in [5, 5.41) is 4.43. The molecule has 8 heteroatoms. The fourth-order valence-electron chi connectivity index (χ4n) is 4.12. The third-order valence-corrected chi connectivity index (χ3v) is 8.06. The Bertz CT molecular complexity index is 1230. The van der Waals surface area contributed by atoms with Gasteiger partial charge in [0, 0.05) is 27.0 Å². The summed E-state index contributed by atoms with van der Waals surface area (Å²) in [5.74, 6) is -0.0171. The van der Waals surface area contributed by atoms with E-state index >= 15 is 0 Å². The maximum absolute atomic E-state index is 13.5. The van der Waals surface area contributed by atoms with Crippen LogP contribution in [0.1, 0.15) is 37.7 Å². The lowest BCUT2D eigenvalue weighted by molar-refractivity contribution is -0.124. The quantitative estimate of drug-likeness (QED) is 0.331. The van der Waals surface area contributed by atoms with Gasteiger partial charge in [-0.05, 0) is 48.4 Å². The Balaban J connectivity index is 1.49. The van der Waals surface area contributed by atoms with E-state index in [1.165, 1.54) is 29.5 Å². The van der Waals surface area contributed by atoms with E-state index in [1.54, 1.807) is 12.1 Å². The second-order valence-electron chi connectivity index (χ2n) is 8.02. The number of amides is 1. The fourth-order valence-corrected chi connectivity index (χ4v) is 6.37. The second kappa shape index (κ2) is 10.0. The molecule has 4 nitrogen and oxygen atoms in total. The summed E-state index contributed by atoms with van der Waals surface area (Å²) >= 11 is 15.3. The van der Waals surface area contributed by atoms with E-state index < -0.39 is 0 Å². The monoisotopic (exact) mass is 513 g/mol. The van der Waals surface area contributed by atoms with E-state index in [9.17, 15) is 4.79 Å². The highest BCUT2D eigenvalue weighted by molar-refractivity contribution is 8.18. The van der Waals surface area contributed by atoms with Crippen LogP contribution in [0.3, 0.4) is 0 Å². The number of hydrogen-bond acceptors (Lipinski definition) is 5. The highest BCUT2D eigenvalue weighted by atomic mass is 35.5. The molecule has 1 aromatic heterocycles. The van der Waals surface area contributed by atoms with E-state index in [0.717, 1.165) is 42.5 Å². The van der Waals surface area contributed by atoms with Crippen LogP contribution in [0.15, 0.2) is 63.8 Å². The Morgan fingerprint density at radius 3 is 2.61 bits per heavy atom. The van der Waals surface area contributed by atoms with Gasteiger partial charge < -0.3 is 0 Å². The Labute approximate surface area is 211 Å². The second-order valence-corrected chi connectivity index (χ2v) is 10.7. The van der Waals surface area contributed by atoms with Gasteiger partial charge in [0.25, 0.3) is 5.91 Å². The van der Waals surface area contributed by atoms with E-state index in [-0.39, 0.29) is 11.9 Å². The summed E-state index contributed by atoms with van der Waals surface area (Å²) in [4.78, 5) is 25.5. The first-order valence-corrected chi connectivity index (χ1v) is 13.3. The molecule has 0 radical (unpaired) electrons. The number of hydrogen-bond donors (Lipinski definition) is 0. The maximum Gasteiger partial charge on any atom is 0.267 e. The van der Waals surface area contributed by atoms with Crippen LogP contribution in [0.4, 0.5) is 5.13 Å². The number of carbonyl (C=O) groups is 1. The zero-order valence-corrected chi connectivity index (χ0v) is 20.9. The molecular weight excluding hydrogens is 493 g/mol. The predicted molar refractivity (Wildman–Crippen MR) is 140 cm³/mol. The highest BCUT2D eigenvalue weighted by Gasteiger charge is 2.39. The lowest BCUT2D eigenvalue weighted by Crippen LogP contribution is -2.40. The summed E-state index contributed by atoms with van der Waals surface area (Å²) in [6.45, 7) is 0. The van der Waals surface area contributed by atoms with Crippen molar-refractivity contribution in [3.8, 4) is 11.3 Å². The molecule has 2 aliphatic rings. The van der Waals surface area contributed by atoms with Gasteiger partial charge in [-0.3, -0.25) is 9.69 Å². The smallest absolute Gasteiger partial charge is 0.267 e. The lowest BCUT2D eigenvalue weighted by Gasteiger charge is -2.30. The molecule has 1 aliphatic heterocycles. The van der Waals surface area contributed by atoms with Crippen molar-refractivity contribution < 1.29 is 4.79 Å². The number of aromatic nitrogens is 1. The average molecular weight is 515 g/mol. The van der Waals surface area contributed by atoms with Gasteiger partial charge >= 0.3 is 0 Å². The standard InChI is InChI=1S/C25H21Cl2N3OS2/c26-18-12-11-17(20(27)14-18)13-22-23(31)30(19-9-5-2-6-10-19)25(33-22)29-24-28-21(15-32-24)16-7-3-1-4-8-16/h1,3-4,7-8,11-15,19H,2,5-6,9-10H2/b22-13-,29-25+. The van der Waals surface area contributed by atoms with Crippen molar-refractivity contribution in [2.45, 2.75) is 38.1 Å². The first kappa shape index (κ1) is 22.7. The molecular formula is C25H21Cl2N3OS2. The van der Waals surface area contributed by atoms with Crippen molar-refractivity contribution in [3.63, 3.8) is 0 Å². The van der Waals surface area contributed by atoms with E-state index in [2.05, 4.69) is 0 Å². The van der Waals surface area contributed by atoms with Crippen LogP contribution >= 0.6 is 46.3 Å². The van der Waals surface area contributed by atoms with Crippen LogP contribution in [-0.2, 0) is 4.79 Å². The molecule has 1 amide bonds. The first-order valence-electron chi connectivity index (χ1n) is 10.9. The molecule has 1 aliphatic carbocycles. The Morgan fingerprint density at radius 2 is 1.85 bits per heavy atom. The maximum atomic E-state index is 13.5. The number of halogens is 2. The molecule has 0 N–H and O–H groups in total. The summed E-state index contributed by atoms with van der Waals surface area (Å²) in [6, 6.07) is 15.5. The van der Waals surface area contributed by atoms with E-state index in [0.29, 0.717) is 25.2 Å². The van der Waals surface area contributed by atoms with Gasteiger partial charge in [0.05, 0.1) is 10.6 Å². The number of aliphatic imine (C=N–C) groups is 1. The zero-order valence-electron chi connectivity index (χ0n) is 17.7.